The normalized spacial score (nSPS) is 18.5. The van der Waals surface area contributed by atoms with Crippen LogP contribution in [0.1, 0.15) is 26.7 Å². The third-order valence-corrected chi connectivity index (χ3v) is 7.96. The van der Waals surface area contributed by atoms with Gasteiger partial charge in [-0.2, -0.15) is 4.31 Å². The number of sulfonamides is 1. The van der Waals surface area contributed by atoms with Crippen LogP contribution < -0.4 is 5.32 Å². The SMILES string of the molecule is CCCC(C)NC(=O)CN1CCN(S(=O)(=O)c2ccc(Br)s2)CC1. The zero-order valence-electron chi connectivity index (χ0n) is 14.0. The summed E-state index contributed by atoms with van der Waals surface area (Å²) >= 11 is 4.52. The number of carbonyl (C=O) groups excluding carboxylic acids is 1. The number of nitrogens with zero attached hydrogens (tertiary/aromatic N) is 2. The summed E-state index contributed by atoms with van der Waals surface area (Å²) in [7, 11) is -3.42. The van der Waals surface area contributed by atoms with Crippen molar-refractivity contribution in [3.63, 3.8) is 0 Å². The molecule has 24 heavy (non-hydrogen) atoms. The van der Waals surface area contributed by atoms with E-state index < -0.39 is 10.0 Å². The van der Waals surface area contributed by atoms with Crippen molar-refractivity contribution in [1.82, 2.24) is 14.5 Å². The quantitative estimate of drug-likeness (QED) is 0.708. The molecule has 2 rings (SSSR count). The Balaban J connectivity index is 1.84. The van der Waals surface area contributed by atoms with Gasteiger partial charge >= 0.3 is 0 Å². The first kappa shape index (κ1) is 19.8. The molecule has 1 aromatic rings. The largest absolute Gasteiger partial charge is 0.353 e. The maximum absolute atomic E-state index is 12.6. The van der Waals surface area contributed by atoms with Gasteiger partial charge in [0.1, 0.15) is 4.21 Å². The Labute approximate surface area is 156 Å². The molecule has 1 atom stereocenters. The van der Waals surface area contributed by atoms with Crippen LogP contribution in [-0.4, -0.2) is 62.3 Å². The first-order valence-corrected chi connectivity index (χ1v) is 11.1. The molecule has 0 bridgehead atoms. The van der Waals surface area contributed by atoms with Crippen LogP contribution in [0, 0.1) is 0 Å². The lowest BCUT2D eigenvalue weighted by molar-refractivity contribution is -0.123. The van der Waals surface area contributed by atoms with Crippen LogP contribution in [0.25, 0.3) is 0 Å². The van der Waals surface area contributed by atoms with E-state index in [4.69, 9.17) is 0 Å². The van der Waals surface area contributed by atoms with Gasteiger partial charge in [0.25, 0.3) is 10.0 Å². The molecule has 0 saturated carbocycles. The summed E-state index contributed by atoms with van der Waals surface area (Å²) in [5.74, 6) is 0.00874. The molecular formula is C15H24BrN3O3S2. The van der Waals surface area contributed by atoms with Gasteiger partial charge in [-0.05, 0) is 41.4 Å². The van der Waals surface area contributed by atoms with E-state index in [9.17, 15) is 13.2 Å². The van der Waals surface area contributed by atoms with Gasteiger partial charge < -0.3 is 5.32 Å². The minimum atomic E-state index is -3.42. The Morgan fingerprint density at radius 2 is 2.00 bits per heavy atom. The molecule has 1 aliphatic heterocycles. The number of rotatable bonds is 7. The summed E-state index contributed by atoms with van der Waals surface area (Å²) in [5, 5.41) is 2.98. The van der Waals surface area contributed by atoms with Crippen LogP contribution in [0.15, 0.2) is 20.1 Å². The molecule has 2 heterocycles. The maximum atomic E-state index is 12.6. The van der Waals surface area contributed by atoms with Crippen molar-refractivity contribution in [1.29, 1.82) is 0 Å². The van der Waals surface area contributed by atoms with Gasteiger partial charge in [0.15, 0.2) is 0 Å². The minimum Gasteiger partial charge on any atom is -0.353 e. The summed E-state index contributed by atoms with van der Waals surface area (Å²) in [6.45, 7) is 6.39. The molecular weight excluding hydrogens is 414 g/mol. The van der Waals surface area contributed by atoms with E-state index in [0.29, 0.717) is 36.9 Å². The Morgan fingerprint density at radius 3 is 2.54 bits per heavy atom. The van der Waals surface area contributed by atoms with Crippen molar-refractivity contribution in [3.05, 3.63) is 15.9 Å². The Morgan fingerprint density at radius 1 is 1.33 bits per heavy atom. The van der Waals surface area contributed by atoms with Crippen molar-refractivity contribution in [2.24, 2.45) is 0 Å². The smallest absolute Gasteiger partial charge is 0.252 e. The molecule has 1 unspecified atom stereocenters. The molecule has 6 nitrogen and oxygen atoms in total. The average Bonchev–Trinajstić information content (AvgIpc) is 2.95. The average molecular weight is 438 g/mol. The second kappa shape index (κ2) is 8.75. The highest BCUT2D eigenvalue weighted by atomic mass is 79.9. The second-order valence-corrected chi connectivity index (χ2v) is 10.6. The van der Waals surface area contributed by atoms with Gasteiger partial charge in [0.05, 0.1) is 10.3 Å². The molecule has 1 amide bonds. The highest BCUT2D eigenvalue weighted by Crippen LogP contribution is 2.28. The van der Waals surface area contributed by atoms with Crippen LogP contribution in [0.2, 0.25) is 0 Å². The highest BCUT2D eigenvalue weighted by molar-refractivity contribution is 9.11. The maximum Gasteiger partial charge on any atom is 0.252 e. The van der Waals surface area contributed by atoms with Gasteiger partial charge in [-0.1, -0.05) is 13.3 Å². The summed E-state index contributed by atoms with van der Waals surface area (Å²) in [5.41, 5.74) is 0. The van der Waals surface area contributed by atoms with Crippen LogP contribution >= 0.6 is 27.3 Å². The van der Waals surface area contributed by atoms with Crippen LogP contribution in [0.3, 0.4) is 0 Å². The Bertz CT molecular complexity index is 655. The Hall–Kier alpha value is -0.480. The lowest BCUT2D eigenvalue weighted by Crippen LogP contribution is -2.51. The topological polar surface area (TPSA) is 69.7 Å². The van der Waals surface area contributed by atoms with Gasteiger partial charge in [0.2, 0.25) is 5.91 Å². The number of hydrogen-bond donors (Lipinski definition) is 1. The van der Waals surface area contributed by atoms with Crippen molar-refractivity contribution in [3.8, 4) is 0 Å². The van der Waals surface area contributed by atoms with Gasteiger partial charge in [-0.15, -0.1) is 11.3 Å². The molecule has 1 N–H and O–H groups in total. The van der Waals surface area contributed by atoms with Crippen LogP contribution in [-0.2, 0) is 14.8 Å². The molecule has 1 fully saturated rings. The van der Waals surface area contributed by atoms with E-state index in [2.05, 4.69) is 28.2 Å². The van der Waals surface area contributed by atoms with E-state index in [1.54, 1.807) is 12.1 Å². The molecule has 1 aromatic heterocycles. The predicted octanol–water partition coefficient (Wildman–Crippen LogP) is 2.12. The number of nitrogens with one attached hydrogen (secondary N) is 1. The number of amides is 1. The first-order valence-electron chi connectivity index (χ1n) is 8.10. The zero-order chi connectivity index (χ0) is 17.7. The van der Waals surface area contributed by atoms with Gasteiger partial charge in [-0.3, -0.25) is 9.69 Å². The molecule has 0 aliphatic carbocycles. The fraction of sp³-hybridized carbons (Fsp3) is 0.667. The van der Waals surface area contributed by atoms with Crippen LogP contribution in [0.4, 0.5) is 0 Å². The summed E-state index contributed by atoms with van der Waals surface area (Å²) in [6.07, 6.45) is 2.00. The van der Waals surface area contributed by atoms with Gasteiger partial charge in [-0.25, -0.2) is 8.42 Å². The number of carbonyl (C=O) groups is 1. The Kier molecular flexibility index (Phi) is 7.23. The summed E-state index contributed by atoms with van der Waals surface area (Å²) in [4.78, 5) is 14.0. The van der Waals surface area contributed by atoms with E-state index in [0.717, 1.165) is 16.6 Å². The molecule has 0 spiro atoms. The molecule has 1 saturated heterocycles. The lowest BCUT2D eigenvalue weighted by atomic mass is 10.2. The molecule has 0 radical (unpaired) electrons. The number of piperazine rings is 1. The zero-order valence-corrected chi connectivity index (χ0v) is 17.2. The fourth-order valence-corrected chi connectivity index (χ4v) is 6.31. The molecule has 0 aromatic carbocycles. The minimum absolute atomic E-state index is 0.00874. The van der Waals surface area contributed by atoms with Gasteiger partial charge in [0, 0.05) is 32.2 Å². The molecule has 1 aliphatic rings. The van der Waals surface area contributed by atoms with E-state index >= 15 is 0 Å². The van der Waals surface area contributed by atoms with E-state index in [1.165, 1.54) is 15.6 Å². The predicted molar refractivity (Wildman–Crippen MR) is 99.7 cm³/mol. The third-order valence-electron chi connectivity index (χ3n) is 3.97. The number of thiophene rings is 1. The van der Waals surface area contributed by atoms with Crippen molar-refractivity contribution < 1.29 is 13.2 Å². The second-order valence-electron chi connectivity index (χ2n) is 6.00. The summed E-state index contributed by atoms with van der Waals surface area (Å²) in [6, 6.07) is 3.55. The lowest BCUT2D eigenvalue weighted by Gasteiger charge is -2.33. The summed E-state index contributed by atoms with van der Waals surface area (Å²) < 4.78 is 27.8. The van der Waals surface area contributed by atoms with Crippen LogP contribution in [0.5, 0.6) is 0 Å². The van der Waals surface area contributed by atoms with Crippen molar-refractivity contribution in [2.45, 2.75) is 36.9 Å². The van der Waals surface area contributed by atoms with E-state index in [1.807, 2.05) is 11.8 Å². The highest BCUT2D eigenvalue weighted by Gasteiger charge is 2.30. The first-order chi connectivity index (χ1) is 11.3. The monoisotopic (exact) mass is 437 g/mol. The number of halogens is 1. The fourth-order valence-electron chi connectivity index (χ4n) is 2.72. The molecule has 136 valence electrons. The van der Waals surface area contributed by atoms with Crippen molar-refractivity contribution >= 4 is 43.2 Å². The standard InChI is InChI=1S/C15H24BrN3O3S2/c1-3-4-12(2)17-14(20)11-18-7-9-19(10-8-18)24(21,22)15-6-5-13(16)23-15/h5-6,12H,3-4,7-11H2,1-2H3,(H,17,20). The number of hydrogen-bond acceptors (Lipinski definition) is 5. The molecule has 9 heteroatoms. The van der Waals surface area contributed by atoms with E-state index in [-0.39, 0.29) is 11.9 Å². The third kappa shape index (κ3) is 5.26. The van der Waals surface area contributed by atoms with Crippen molar-refractivity contribution in [2.75, 3.05) is 32.7 Å².